The average Bonchev–Trinajstić information content (AvgIpc) is 3.22. The first-order valence-electron chi connectivity index (χ1n) is 11.4. The third-order valence-electron chi connectivity index (χ3n) is 7.07. The van der Waals surface area contributed by atoms with Crippen LogP contribution in [0.25, 0.3) is 10.9 Å². The van der Waals surface area contributed by atoms with Gasteiger partial charge in [-0.2, -0.15) is 0 Å². The number of methoxy groups -OCH3 is 2. The second kappa shape index (κ2) is 9.06. The standard InChI is InChI=1S/C26H31N3O3/c1-31-13-12-27-18-14-22(17-8-4-3-5-9-17)29-23(15-18)25-20(16-24(29)26(30)32-2)19-10-6-7-11-21(19)28-25/h3-11,18,22-24,27-28H,12-16H2,1-2H3/t18-,22-,23+,24-/m0/s1. The molecule has 6 nitrogen and oxygen atoms in total. The molecule has 0 amide bonds. The summed E-state index contributed by atoms with van der Waals surface area (Å²) in [5.74, 6) is -0.155. The highest BCUT2D eigenvalue weighted by molar-refractivity contribution is 5.87. The van der Waals surface area contributed by atoms with Crippen LogP contribution in [0.5, 0.6) is 0 Å². The number of esters is 1. The van der Waals surface area contributed by atoms with Gasteiger partial charge in [-0.1, -0.05) is 48.5 Å². The first-order chi connectivity index (χ1) is 15.7. The van der Waals surface area contributed by atoms with Crippen LogP contribution in [0.1, 0.15) is 41.7 Å². The maximum atomic E-state index is 13.1. The van der Waals surface area contributed by atoms with Crippen LogP contribution in [0.15, 0.2) is 54.6 Å². The highest BCUT2D eigenvalue weighted by Gasteiger charge is 2.48. The fourth-order valence-electron chi connectivity index (χ4n) is 5.68. The highest BCUT2D eigenvalue weighted by Crippen LogP contribution is 2.48. The number of para-hydroxylation sites is 1. The maximum absolute atomic E-state index is 13.1. The molecule has 1 aromatic heterocycles. The van der Waals surface area contributed by atoms with Gasteiger partial charge in [0.15, 0.2) is 0 Å². The number of aromatic nitrogens is 1. The Hall–Kier alpha value is -2.67. The number of H-pyrrole nitrogens is 1. The molecule has 3 heterocycles. The molecule has 2 N–H and O–H groups in total. The molecule has 0 aliphatic carbocycles. The van der Waals surface area contributed by atoms with E-state index in [2.05, 4.69) is 63.7 Å². The lowest BCUT2D eigenvalue weighted by molar-refractivity contribution is -0.152. The van der Waals surface area contributed by atoms with Crippen molar-refractivity contribution in [1.29, 1.82) is 0 Å². The Morgan fingerprint density at radius 1 is 1.06 bits per heavy atom. The van der Waals surface area contributed by atoms with Crippen LogP contribution in [-0.2, 0) is 20.7 Å². The van der Waals surface area contributed by atoms with Gasteiger partial charge in [0.2, 0.25) is 0 Å². The number of carbonyl (C=O) groups excluding carboxylic acids is 1. The zero-order valence-electron chi connectivity index (χ0n) is 18.7. The molecule has 2 aliphatic heterocycles. The summed E-state index contributed by atoms with van der Waals surface area (Å²) >= 11 is 0. The molecule has 0 bridgehead atoms. The number of hydrogen-bond acceptors (Lipinski definition) is 5. The smallest absolute Gasteiger partial charge is 0.323 e. The van der Waals surface area contributed by atoms with E-state index in [-0.39, 0.29) is 24.1 Å². The van der Waals surface area contributed by atoms with Gasteiger partial charge in [-0.25, -0.2) is 0 Å². The van der Waals surface area contributed by atoms with Crippen molar-refractivity contribution in [3.05, 3.63) is 71.4 Å². The molecule has 1 saturated heterocycles. The number of nitrogens with one attached hydrogen (secondary N) is 2. The summed E-state index contributed by atoms with van der Waals surface area (Å²) in [6, 6.07) is 19.2. The lowest BCUT2D eigenvalue weighted by Gasteiger charge is -2.50. The number of piperidine rings is 1. The minimum atomic E-state index is -0.304. The van der Waals surface area contributed by atoms with Crippen LogP contribution < -0.4 is 5.32 Å². The zero-order valence-corrected chi connectivity index (χ0v) is 18.7. The van der Waals surface area contributed by atoms with Crippen LogP contribution in [0, 0.1) is 0 Å². The van der Waals surface area contributed by atoms with Crippen molar-refractivity contribution >= 4 is 16.9 Å². The van der Waals surface area contributed by atoms with Gasteiger partial charge < -0.3 is 19.8 Å². The molecule has 6 heteroatoms. The number of fused-ring (bicyclic) bond motifs is 5. The molecule has 2 aromatic carbocycles. The van der Waals surface area contributed by atoms with E-state index in [0.29, 0.717) is 19.1 Å². The Balaban J connectivity index is 1.61. The van der Waals surface area contributed by atoms with E-state index in [1.54, 1.807) is 7.11 Å². The van der Waals surface area contributed by atoms with E-state index in [1.165, 1.54) is 29.3 Å². The van der Waals surface area contributed by atoms with Crippen molar-refractivity contribution in [2.45, 2.75) is 43.4 Å². The number of benzene rings is 2. The Morgan fingerprint density at radius 2 is 1.81 bits per heavy atom. The van der Waals surface area contributed by atoms with Crippen molar-refractivity contribution in [2.24, 2.45) is 0 Å². The lowest BCUT2D eigenvalue weighted by atomic mass is 9.79. The van der Waals surface area contributed by atoms with Crippen molar-refractivity contribution < 1.29 is 14.3 Å². The first kappa shape index (κ1) is 21.2. The zero-order chi connectivity index (χ0) is 22.1. The van der Waals surface area contributed by atoms with Gasteiger partial charge in [0.25, 0.3) is 0 Å². The first-order valence-corrected chi connectivity index (χ1v) is 11.4. The predicted octanol–water partition coefficient (Wildman–Crippen LogP) is 3.75. The van der Waals surface area contributed by atoms with Gasteiger partial charge in [0.05, 0.1) is 19.8 Å². The summed E-state index contributed by atoms with van der Waals surface area (Å²) in [5, 5.41) is 4.91. The average molecular weight is 434 g/mol. The summed E-state index contributed by atoms with van der Waals surface area (Å²) in [5.41, 5.74) is 4.87. The Labute approximate surface area is 188 Å². The molecule has 0 saturated carbocycles. The second-order valence-electron chi connectivity index (χ2n) is 8.81. The van der Waals surface area contributed by atoms with E-state index in [0.717, 1.165) is 24.9 Å². The van der Waals surface area contributed by atoms with Crippen molar-refractivity contribution in [3.63, 3.8) is 0 Å². The minimum absolute atomic E-state index is 0.106. The number of rotatable bonds is 6. The van der Waals surface area contributed by atoms with E-state index in [4.69, 9.17) is 9.47 Å². The number of hydrogen-bond donors (Lipinski definition) is 2. The quantitative estimate of drug-likeness (QED) is 0.458. The number of aromatic amines is 1. The van der Waals surface area contributed by atoms with Crippen molar-refractivity contribution in [1.82, 2.24) is 15.2 Å². The molecule has 32 heavy (non-hydrogen) atoms. The molecule has 2 aliphatic rings. The molecule has 0 radical (unpaired) electrons. The summed E-state index contributed by atoms with van der Waals surface area (Å²) in [6.07, 6.45) is 2.53. The van der Waals surface area contributed by atoms with E-state index < -0.39 is 0 Å². The Kier molecular flexibility index (Phi) is 6.00. The molecule has 4 atom stereocenters. The third-order valence-corrected chi connectivity index (χ3v) is 7.07. The Bertz CT molecular complexity index is 1080. The highest BCUT2D eigenvalue weighted by atomic mass is 16.5. The molecule has 1 fully saturated rings. The molecule has 0 spiro atoms. The summed E-state index contributed by atoms with van der Waals surface area (Å²) < 4.78 is 10.6. The van der Waals surface area contributed by atoms with E-state index in [9.17, 15) is 4.79 Å². The normalized spacial score (nSPS) is 25.3. The molecular formula is C26H31N3O3. The molecule has 0 unspecified atom stereocenters. The van der Waals surface area contributed by atoms with Gasteiger partial charge in [0, 0.05) is 48.8 Å². The van der Waals surface area contributed by atoms with Crippen molar-refractivity contribution in [3.8, 4) is 0 Å². The van der Waals surface area contributed by atoms with E-state index >= 15 is 0 Å². The number of carbonyl (C=O) groups is 1. The van der Waals surface area contributed by atoms with Crippen LogP contribution in [0.3, 0.4) is 0 Å². The van der Waals surface area contributed by atoms with Crippen molar-refractivity contribution in [2.75, 3.05) is 27.4 Å². The Morgan fingerprint density at radius 3 is 2.59 bits per heavy atom. The third kappa shape index (κ3) is 3.72. The topological polar surface area (TPSA) is 66.6 Å². The molecule has 5 rings (SSSR count). The number of nitrogens with zero attached hydrogens (tertiary/aromatic N) is 1. The molecule has 168 valence electrons. The van der Waals surface area contributed by atoms with Gasteiger partial charge in [-0.05, 0) is 30.0 Å². The summed E-state index contributed by atoms with van der Waals surface area (Å²) in [7, 11) is 3.23. The lowest BCUT2D eigenvalue weighted by Crippen LogP contribution is -2.55. The summed E-state index contributed by atoms with van der Waals surface area (Å²) in [4.78, 5) is 19.2. The van der Waals surface area contributed by atoms with E-state index in [1.807, 2.05) is 6.07 Å². The van der Waals surface area contributed by atoms with Gasteiger partial charge in [0.1, 0.15) is 6.04 Å². The second-order valence-corrected chi connectivity index (χ2v) is 8.81. The van der Waals surface area contributed by atoms with Gasteiger partial charge in [-0.15, -0.1) is 0 Å². The van der Waals surface area contributed by atoms with Gasteiger partial charge >= 0.3 is 5.97 Å². The SMILES string of the molecule is COCCN[C@@H]1C[C@@H]2c3[nH]c4ccccc4c3C[C@@H](C(=O)OC)N2[C@H](c2ccccc2)C1. The van der Waals surface area contributed by atoms with Crippen LogP contribution in [0.2, 0.25) is 0 Å². The minimum Gasteiger partial charge on any atom is -0.468 e. The fraction of sp³-hybridized carbons (Fsp3) is 0.423. The molecule has 3 aromatic rings. The van der Waals surface area contributed by atoms with Crippen LogP contribution >= 0.6 is 0 Å². The predicted molar refractivity (Wildman–Crippen MR) is 124 cm³/mol. The van der Waals surface area contributed by atoms with Gasteiger partial charge in [-0.3, -0.25) is 9.69 Å². The largest absolute Gasteiger partial charge is 0.468 e. The number of ether oxygens (including phenoxy) is 2. The monoisotopic (exact) mass is 433 g/mol. The van der Waals surface area contributed by atoms with Crippen LogP contribution in [-0.4, -0.2) is 55.3 Å². The fourth-order valence-corrected chi connectivity index (χ4v) is 5.68. The maximum Gasteiger partial charge on any atom is 0.323 e. The summed E-state index contributed by atoms with van der Waals surface area (Å²) in [6.45, 7) is 1.50. The van der Waals surface area contributed by atoms with Crippen LogP contribution in [0.4, 0.5) is 0 Å². The molecular weight excluding hydrogens is 402 g/mol.